The number of aromatic nitrogens is 2. The van der Waals surface area contributed by atoms with E-state index in [1.807, 2.05) is 0 Å². The molecule has 1 aromatic rings. The molecule has 0 aromatic carbocycles. The molecule has 6 atom stereocenters. The summed E-state index contributed by atoms with van der Waals surface area (Å²) in [7, 11) is -3.21. The molecule has 1 saturated heterocycles. The number of hydrogen-bond acceptors (Lipinski definition) is 10. The van der Waals surface area contributed by atoms with Crippen LogP contribution in [0.5, 0.6) is 0 Å². The molecule has 0 bridgehead atoms. The fraction of sp³-hybridized carbons (Fsp3) is 0.688. The van der Waals surface area contributed by atoms with Gasteiger partial charge in [0.15, 0.2) is 11.0 Å². The monoisotopic (exact) mass is 483 g/mol. The average Bonchev–Trinajstić information content (AvgIpc) is 2.88. The Morgan fingerprint density at radius 3 is 2.74 bits per heavy atom. The minimum absolute atomic E-state index is 0.0361. The van der Waals surface area contributed by atoms with Crippen LogP contribution in [0.4, 0.5) is 0 Å². The first-order valence-corrected chi connectivity index (χ1v) is 11.0. The number of ether oxygens (including phenoxy) is 2. The molecule has 1 aliphatic rings. The van der Waals surface area contributed by atoms with Gasteiger partial charge in [0, 0.05) is 26.3 Å². The SMILES string of the molecule is COC[C@@H](COP(=O)(O)OC[C@H]1O[C@@H](n2ccc(=O)[nH]c2=S)C(C)(O)[C@H]1O)NC(C)=O. The summed E-state index contributed by atoms with van der Waals surface area (Å²) in [6.45, 7) is 1.62. The molecule has 31 heavy (non-hydrogen) atoms. The Morgan fingerprint density at radius 1 is 1.48 bits per heavy atom. The maximum Gasteiger partial charge on any atom is 0.472 e. The van der Waals surface area contributed by atoms with E-state index in [1.165, 1.54) is 31.7 Å². The minimum atomic E-state index is -4.60. The predicted molar refractivity (Wildman–Crippen MR) is 108 cm³/mol. The van der Waals surface area contributed by atoms with Gasteiger partial charge in [-0.2, -0.15) is 0 Å². The summed E-state index contributed by atoms with van der Waals surface area (Å²) < 4.78 is 33.6. The van der Waals surface area contributed by atoms with Crippen LogP contribution >= 0.6 is 20.0 Å². The van der Waals surface area contributed by atoms with Gasteiger partial charge in [0.2, 0.25) is 5.91 Å². The zero-order chi connectivity index (χ0) is 23.4. The molecule has 2 rings (SSSR count). The van der Waals surface area contributed by atoms with Crippen LogP contribution in [0, 0.1) is 4.77 Å². The molecule has 0 radical (unpaired) electrons. The first kappa shape index (κ1) is 25.8. The average molecular weight is 483 g/mol. The lowest BCUT2D eigenvalue weighted by molar-refractivity contribution is -0.120. The molecular weight excluding hydrogens is 457 g/mol. The first-order chi connectivity index (χ1) is 14.4. The second-order valence-corrected chi connectivity index (χ2v) is 8.97. The second-order valence-electron chi connectivity index (χ2n) is 7.13. The summed E-state index contributed by atoms with van der Waals surface area (Å²) in [6.07, 6.45) is -2.66. The van der Waals surface area contributed by atoms with E-state index in [0.717, 1.165) is 6.07 Å². The van der Waals surface area contributed by atoms with Crippen molar-refractivity contribution in [2.75, 3.05) is 26.9 Å². The number of H-pyrrole nitrogens is 1. The lowest BCUT2D eigenvalue weighted by Crippen LogP contribution is -2.44. The third kappa shape index (κ3) is 6.75. The number of rotatable bonds is 10. The van der Waals surface area contributed by atoms with Crippen LogP contribution in [0.2, 0.25) is 0 Å². The van der Waals surface area contributed by atoms with Crippen molar-refractivity contribution >= 4 is 25.9 Å². The van der Waals surface area contributed by atoms with E-state index < -0.39 is 50.1 Å². The van der Waals surface area contributed by atoms with Crippen LogP contribution in [-0.2, 0) is 27.9 Å². The van der Waals surface area contributed by atoms with E-state index in [-0.39, 0.29) is 23.9 Å². The maximum atomic E-state index is 12.2. The largest absolute Gasteiger partial charge is 0.472 e. The van der Waals surface area contributed by atoms with Crippen molar-refractivity contribution in [3.63, 3.8) is 0 Å². The molecule has 1 aromatic heterocycles. The first-order valence-electron chi connectivity index (χ1n) is 9.12. The van der Waals surface area contributed by atoms with E-state index in [0.29, 0.717) is 0 Å². The lowest BCUT2D eigenvalue weighted by Gasteiger charge is -2.28. The Balaban J connectivity index is 2.02. The highest BCUT2D eigenvalue weighted by molar-refractivity contribution is 7.71. The molecule has 176 valence electrons. The van der Waals surface area contributed by atoms with E-state index in [2.05, 4.69) is 10.3 Å². The number of amides is 1. The number of nitrogens with one attached hydrogen (secondary N) is 2. The second kappa shape index (κ2) is 10.4. The molecule has 1 fully saturated rings. The Kier molecular flexibility index (Phi) is 8.67. The normalized spacial score (nSPS) is 28.8. The van der Waals surface area contributed by atoms with Crippen LogP contribution < -0.4 is 10.9 Å². The van der Waals surface area contributed by atoms with Gasteiger partial charge in [0.1, 0.15) is 17.8 Å². The summed E-state index contributed by atoms with van der Waals surface area (Å²) in [4.78, 5) is 34.8. The number of aliphatic hydroxyl groups excluding tert-OH is 1. The van der Waals surface area contributed by atoms with Crippen molar-refractivity contribution < 1.29 is 43.0 Å². The molecule has 0 spiro atoms. The van der Waals surface area contributed by atoms with Crippen LogP contribution in [0.25, 0.3) is 0 Å². The van der Waals surface area contributed by atoms with Gasteiger partial charge < -0.3 is 29.9 Å². The van der Waals surface area contributed by atoms with Gasteiger partial charge >= 0.3 is 7.82 Å². The van der Waals surface area contributed by atoms with Gasteiger partial charge in [-0.1, -0.05) is 0 Å². The van der Waals surface area contributed by atoms with Gasteiger partial charge in [-0.3, -0.25) is 28.2 Å². The molecule has 13 nitrogen and oxygen atoms in total. The summed E-state index contributed by atoms with van der Waals surface area (Å²) in [6, 6.07) is 0.472. The quantitative estimate of drug-likeness (QED) is 0.208. The summed E-state index contributed by atoms with van der Waals surface area (Å²) in [5, 5.41) is 23.6. The molecule has 2 unspecified atom stereocenters. The molecule has 0 aliphatic carbocycles. The fourth-order valence-electron chi connectivity index (χ4n) is 3.00. The van der Waals surface area contributed by atoms with Gasteiger partial charge in [0.25, 0.3) is 5.56 Å². The van der Waals surface area contributed by atoms with E-state index in [1.54, 1.807) is 0 Å². The van der Waals surface area contributed by atoms with E-state index in [4.69, 9.17) is 30.7 Å². The van der Waals surface area contributed by atoms with Gasteiger partial charge in [-0.15, -0.1) is 0 Å². The Labute approximate surface area is 182 Å². The molecule has 1 amide bonds. The number of aromatic amines is 1. The summed E-state index contributed by atoms with van der Waals surface area (Å²) in [5.74, 6) is -0.379. The fourth-order valence-corrected chi connectivity index (χ4v) is 4.03. The van der Waals surface area contributed by atoms with Crippen LogP contribution in [0.15, 0.2) is 17.1 Å². The van der Waals surface area contributed by atoms with Crippen LogP contribution in [-0.4, -0.2) is 81.3 Å². The highest BCUT2D eigenvalue weighted by Crippen LogP contribution is 2.45. The predicted octanol–water partition coefficient (Wildman–Crippen LogP) is -0.800. The van der Waals surface area contributed by atoms with Crippen molar-refractivity contribution in [3.05, 3.63) is 27.4 Å². The topological polar surface area (TPSA) is 182 Å². The van der Waals surface area contributed by atoms with Crippen LogP contribution in [0.3, 0.4) is 0 Å². The van der Waals surface area contributed by atoms with Crippen molar-refractivity contribution in [1.82, 2.24) is 14.9 Å². The smallest absolute Gasteiger partial charge is 0.387 e. The number of carbonyl (C=O) groups is 1. The molecule has 0 saturated carbocycles. The zero-order valence-corrected chi connectivity index (χ0v) is 18.8. The molecular formula is C16H26N3O10PS. The van der Waals surface area contributed by atoms with Crippen molar-refractivity contribution in [3.8, 4) is 0 Å². The van der Waals surface area contributed by atoms with Crippen molar-refractivity contribution in [1.29, 1.82) is 0 Å². The Hall–Kier alpha value is -1.48. The number of phosphoric acid groups is 1. The number of aliphatic hydroxyl groups is 2. The van der Waals surface area contributed by atoms with Gasteiger partial charge in [-0.25, -0.2) is 4.57 Å². The summed E-state index contributed by atoms with van der Waals surface area (Å²) in [5.41, 5.74) is -2.32. The van der Waals surface area contributed by atoms with Crippen molar-refractivity contribution in [2.45, 2.75) is 43.9 Å². The number of methoxy groups -OCH3 is 1. The lowest BCUT2D eigenvalue weighted by atomic mass is 9.96. The minimum Gasteiger partial charge on any atom is -0.387 e. The summed E-state index contributed by atoms with van der Waals surface area (Å²) >= 11 is 5.05. The Bertz CT molecular complexity index is 935. The number of hydrogen-bond donors (Lipinski definition) is 5. The van der Waals surface area contributed by atoms with E-state index >= 15 is 0 Å². The molecule has 15 heteroatoms. The molecule has 2 heterocycles. The number of phosphoric ester groups is 1. The van der Waals surface area contributed by atoms with Crippen molar-refractivity contribution in [2.24, 2.45) is 0 Å². The number of nitrogens with zero attached hydrogens (tertiary/aromatic N) is 1. The third-order valence-electron chi connectivity index (χ3n) is 4.47. The Morgan fingerprint density at radius 2 is 2.16 bits per heavy atom. The zero-order valence-electron chi connectivity index (χ0n) is 17.1. The number of carbonyl (C=O) groups excluding carboxylic acids is 1. The third-order valence-corrected chi connectivity index (χ3v) is 5.74. The maximum absolute atomic E-state index is 12.2. The highest BCUT2D eigenvalue weighted by atomic mass is 32.1. The molecule has 1 aliphatic heterocycles. The standard InChI is InChI=1S/C16H26N3O10PS/c1-9(20)17-10(6-26-3)7-27-30(24,25)28-8-11-13(22)16(2,23)14(29-11)19-5-4-12(21)18-15(19)31/h4-5,10-11,13-14,22-23H,6-8H2,1-3H3,(H,17,20)(H,24,25)(H,18,21,31)/t10-,11+,13-,14+,16?/m0/s1. The molecule has 5 N–H and O–H groups in total. The van der Waals surface area contributed by atoms with Crippen LogP contribution in [0.1, 0.15) is 20.1 Å². The van der Waals surface area contributed by atoms with E-state index in [9.17, 15) is 29.3 Å². The highest BCUT2D eigenvalue weighted by Gasteiger charge is 2.53. The van der Waals surface area contributed by atoms with Gasteiger partial charge in [0.05, 0.1) is 25.9 Å². The van der Waals surface area contributed by atoms with Gasteiger partial charge in [-0.05, 0) is 19.1 Å².